The van der Waals surface area contributed by atoms with Crippen molar-refractivity contribution in [3.05, 3.63) is 29.6 Å². The van der Waals surface area contributed by atoms with E-state index in [-0.39, 0.29) is 23.4 Å². The average Bonchev–Trinajstić information content (AvgIpc) is 2.93. The summed E-state index contributed by atoms with van der Waals surface area (Å²) in [7, 11) is -3.57. The largest absolute Gasteiger partial charge is 0.376 e. The molecule has 2 N–H and O–H groups in total. The van der Waals surface area contributed by atoms with E-state index < -0.39 is 21.7 Å². The minimum Gasteiger partial charge on any atom is -0.376 e. The van der Waals surface area contributed by atoms with Gasteiger partial charge in [0, 0.05) is 6.61 Å². The van der Waals surface area contributed by atoms with Crippen molar-refractivity contribution >= 4 is 21.6 Å². The second-order valence-electron chi connectivity index (χ2n) is 5.38. The number of amides is 1. The zero-order chi connectivity index (χ0) is 16.3. The van der Waals surface area contributed by atoms with E-state index >= 15 is 0 Å². The fraction of sp³-hybridized carbons (Fsp3) is 0.500. The molecule has 0 saturated carbocycles. The Hall–Kier alpha value is -1.67. The molecule has 1 fully saturated rings. The van der Waals surface area contributed by atoms with Crippen LogP contribution in [0, 0.1) is 5.82 Å². The number of hydrogen-bond donors (Lipinski definition) is 2. The lowest BCUT2D eigenvalue weighted by Gasteiger charge is -2.21. The fourth-order valence-corrected chi connectivity index (χ4v) is 2.94. The highest BCUT2D eigenvalue weighted by Crippen LogP contribution is 2.20. The van der Waals surface area contributed by atoms with Gasteiger partial charge in [0.2, 0.25) is 10.0 Å². The van der Waals surface area contributed by atoms with Gasteiger partial charge in [-0.25, -0.2) is 12.8 Å². The van der Waals surface area contributed by atoms with Gasteiger partial charge in [0.25, 0.3) is 5.91 Å². The third-order valence-electron chi connectivity index (χ3n) is 3.40. The molecule has 1 amide bonds. The Morgan fingerprint density at radius 2 is 2.18 bits per heavy atom. The van der Waals surface area contributed by atoms with E-state index in [9.17, 15) is 17.6 Å². The molecule has 6 nitrogen and oxygen atoms in total. The standard InChI is InChI=1S/C14H19FN2O4S/c1-9(13-4-3-7-21-13)16-14(18)11-8-10(15)5-6-12(11)17-22(2,19)20/h5-6,8-9,13,17H,3-4,7H2,1-2H3,(H,16,18)/t9-,13+/m1/s1. The topological polar surface area (TPSA) is 84.5 Å². The van der Waals surface area contributed by atoms with Crippen molar-refractivity contribution < 1.29 is 22.3 Å². The number of anilines is 1. The van der Waals surface area contributed by atoms with Crippen molar-refractivity contribution in [2.45, 2.75) is 31.9 Å². The maximum atomic E-state index is 13.4. The summed E-state index contributed by atoms with van der Waals surface area (Å²) < 4.78 is 43.8. The number of carbonyl (C=O) groups excluding carboxylic acids is 1. The summed E-state index contributed by atoms with van der Waals surface area (Å²) >= 11 is 0. The first-order chi connectivity index (χ1) is 10.3. The summed E-state index contributed by atoms with van der Waals surface area (Å²) in [5, 5.41) is 2.73. The molecule has 122 valence electrons. The molecule has 2 rings (SSSR count). The number of ether oxygens (including phenoxy) is 1. The number of rotatable bonds is 5. The van der Waals surface area contributed by atoms with Gasteiger partial charge in [-0.1, -0.05) is 0 Å². The van der Waals surface area contributed by atoms with Crippen LogP contribution in [0.15, 0.2) is 18.2 Å². The highest BCUT2D eigenvalue weighted by Gasteiger charge is 2.25. The summed E-state index contributed by atoms with van der Waals surface area (Å²) in [6, 6.07) is 3.07. The van der Waals surface area contributed by atoms with E-state index in [1.54, 1.807) is 6.92 Å². The van der Waals surface area contributed by atoms with Crippen LogP contribution in [0.25, 0.3) is 0 Å². The molecule has 1 saturated heterocycles. The van der Waals surface area contributed by atoms with Crippen LogP contribution in [-0.4, -0.2) is 39.3 Å². The van der Waals surface area contributed by atoms with Crippen molar-refractivity contribution in [3.63, 3.8) is 0 Å². The summed E-state index contributed by atoms with van der Waals surface area (Å²) in [5.74, 6) is -1.16. The normalized spacial score (nSPS) is 19.7. The lowest BCUT2D eigenvalue weighted by molar-refractivity contribution is 0.0712. The van der Waals surface area contributed by atoms with Crippen LogP contribution >= 0.6 is 0 Å². The van der Waals surface area contributed by atoms with Crippen molar-refractivity contribution in [3.8, 4) is 0 Å². The lowest BCUT2D eigenvalue weighted by atomic mass is 10.1. The molecule has 0 aromatic heterocycles. The Kier molecular flexibility index (Phi) is 5.02. The molecular weight excluding hydrogens is 311 g/mol. The predicted molar refractivity (Wildman–Crippen MR) is 80.8 cm³/mol. The molecule has 1 aliphatic heterocycles. The highest BCUT2D eigenvalue weighted by atomic mass is 32.2. The second-order valence-corrected chi connectivity index (χ2v) is 7.13. The van der Waals surface area contributed by atoms with Gasteiger partial charge < -0.3 is 10.1 Å². The molecule has 0 unspecified atom stereocenters. The Labute approximate surface area is 129 Å². The molecule has 1 aromatic rings. The van der Waals surface area contributed by atoms with E-state index in [0.717, 1.165) is 31.2 Å². The summed E-state index contributed by atoms with van der Waals surface area (Å²) in [6.07, 6.45) is 2.67. The number of sulfonamides is 1. The van der Waals surface area contributed by atoms with Crippen molar-refractivity contribution in [2.75, 3.05) is 17.6 Å². The van der Waals surface area contributed by atoms with Gasteiger partial charge in [-0.15, -0.1) is 0 Å². The number of benzene rings is 1. The molecule has 22 heavy (non-hydrogen) atoms. The fourth-order valence-electron chi connectivity index (χ4n) is 2.37. The van der Waals surface area contributed by atoms with Gasteiger partial charge in [-0.2, -0.15) is 0 Å². The van der Waals surface area contributed by atoms with Gasteiger partial charge in [0.1, 0.15) is 5.82 Å². The molecule has 0 radical (unpaired) electrons. The third-order valence-corrected chi connectivity index (χ3v) is 3.99. The molecule has 1 aromatic carbocycles. The van der Waals surface area contributed by atoms with Gasteiger partial charge in [-0.05, 0) is 38.0 Å². The molecule has 0 spiro atoms. The number of carbonyl (C=O) groups is 1. The van der Waals surface area contributed by atoms with Gasteiger partial charge in [-0.3, -0.25) is 9.52 Å². The number of halogens is 1. The monoisotopic (exact) mass is 330 g/mol. The van der Waals surface area contributed by atoms with Crippen LogP contribution < -0.4 is 10.0 Å². The first-order valence-electron chi connectivity index (χ1n) is 6.96. The van der Waals surface area contributed by atoms with Crippen LogP contribution in [0.4, 0.5) is 10.1 Å². The Morgan fingerprint density at radius 3 is 2.77 bits per heavy atom. The molecular formula is C14H19FN2O4S. The second kappa shape index (κ2) is 6.62. The maximum absolute atomic E-state index is 13.4. The quantitative estimate of drug-likeness (QED) is 0.857. The predicted octanol–water partition coefficient (Wildman–Crippen LogP) is 1.49. The van der Waals surface area contributed by atoms with E-state index in [1.807, 2.05) is 0 Å². The van der Waals surface area contributed by atoms with Gasteiger partial charge in [0.05, 0.1) is 29.7 Å². The average molecular weight is 330 g/mol. The van der Waals surface area contributed by atoms with Gasteiger partial charge >= 0.3 is 0 Å². The van der Waals surface area contributed by atoms with Crippen LogP contribution in [-0.2, 0) is 14.8 Å². The molecule has 2 atom stereocenters. The number of hydrogen-bond acceptors (Lipinski definition) is 4. The molecule has 8 heteroatoms. The molecule has 1 heterocycles. The smallest absolute Gasteiger partial charge is 0.253 e. The summed E-state index contributed by atoms with van der Waals surface area (Å²) in [5.41, 5.74) is -0.0174. The Bertz CT molecular complexity index is 657. The maximum Gasteiger partial charge on any atom is 0.253 e. The Morgan fingerprint density at radius 1 is 1.45 bits per heavy atom. The van der Waals surface area contributed by atoms with Crippen LogP contribution in [0.5, 0.6) is 0 Å². The van der Waals surface area contributed by atoms with Gasteiger partial charge in [0.15, 0.2) is 0 Å². The van der Waals surface area contributed by atoms with Crippen molar-refractivity contribution in [2.24, 2.45) is 0 Å². The third kappa shape index (κ3) is 4.41. The molecule has 0 aliphatic carbocycles. The zero-order valence-corrected chi connectivity index (χ0v) is 13.2. The Balaban J connectivity index is 2.18. The molecule has 1 aliphatic rings. The van der Waals surface area contributed by atoms with Crippen LogP contribution in [0.1, 0.15) is 30.1 Å². The minimum atomic E-state index is -3.57. The highest BCUT2D eigenvalue weighted by molar-refractivity contribution is 7.92. The lowest BCUT2D eigenvalue weighted by Crippen LogP contribution is -2.41. The van der Waals surface area contributed by atoms with Crippen molar-refractivity contribution in [1.29, 1.82) is 0 Å². The van der Waals surface area contributed by atoms with E-state index in [0.29, 0.717) is 6.61 Å². The zero-order valence-electron chi connectivity index (χ0n) is 12.4. The van der Waals surface area contributed by atoms with E-state index in [2.05, 4.69) is 10.0 Å². The first kappa shape index (κ1) is 16.7. The van der Waals surface area contributed by atoms with Crippen molar-refractivity contribution in [1.82, 2.24) is 5.32 Å². The summed E-state index contributed by atoms with van der Waals surface area (Å²) in [4.78, 5) is 12.3. The van der Waals surface area contributed by atoms with Crippen LogP contribution in [0.2, 0.25) is 0 Å². The van der Waals surface area contributed by atoms with E-state index in [4.69, 9.17) is 4.74 Å². The number of nitrogens with one attached hydrogen (secondary N) is 2. The SMILES string of the molecule is C[C@@H](NC(=O)c1cc(F)ccc1NS(C)(=O)=O)[C@@H]1CCCO1. The van der Waals surface area contributed by atoms with E-state index in [1.165, 1.54) is 6.07 Å². The summed E-state index contributed by atoms with van der Waals surface area (Å²) in [6.45, 7) is 2.46. The minimum absolute atomic E-state index is 0.0425. The molecule has 0 bridgehead atoms. The first-order valence-corrected chi connectivity index (χ1v) is 8.85. The van der Waals surface area contributed by atoms with Crippen LogP contribution in [0.3, 0.4) is 0 Å².